The quantitative estimate of drug-likeness (QED) is 0.0174. The van der Waals surface area contributed by atoms with Crippen LogP contribution in [-0.2, 0) is 39.0 Å². The summed E-state index contributed by atoms with van der Waals surface area (Å²) in [4.78, 5) is 82.9. The number of rotatable bonds is 28. The zero-order valence-electron chi connectivity index (χ0n) is 62.0. The molecule has 6 aromatic rings. The fourth-order valence-corrected chi connectivity index (χ4v) is 19.3. The van der Waals surface area contributed by atoms with Gasteiger partial charge in [0.05, 0.1) is 38.8 Å². The first-order chi connectivity index (χ1) is 51.1. The van der Waals surface area contributed by atoms with Gasteiger partial charge in [0.25, 0.3) is 25.8 Å². The van der Waals surface area contributed by atoms with E-state index < -0.39 is 94.3 Å². The smallest absolute Gasteiger partial charge is 0.391 e. The summed E-state index contributed by atoms with van der Waals surface area (Å²) in [6.45, 7) is 19.8. The average Bonchev–Trinajstić information content (AvgIpc) is 1.07. The van der Waals surface area contributed by atoms with Gasteiger partial charge in [-0.2, -0.15) is 13.2 Å². The number of β-amino-alcohol motifs (C(OH)–C–C–N with tert-alkyl or cyclic N) is 1. The van der Waals surface area contributed by atoms with E-state index in [9.17, 15) is 59.1 Å². The first kappa shape index (κ1) is 81.5. The molecule has 5 amide bonds. The first-order valence-corrected chi connectivity index (χ1v) is 42.1. The number of sulfonamides is 1. The number of aromatic nitrogens is 1. The number of thiazole rings is 1. The third kappa shape index (κ3) is 20.2. The van der Waals surface area contributed by atoms with E-state index in [0.717, 1.165) is 69.2 Å². The van der Waals surface area contributed by atoms with E-state index in [1.807, 2.05) is 98.8 Å². The zero-order valence-corrected chi connectivity index (χ0v) is 66.0. The summed E-state index contributed by atoms with van der Waals surface area (Å²) in [5.74, 6) is -2.05. The molecule has 4 fully saturated rings. The van der Waals surface area contributed by atoms with Gasteiger partial charge in [0.1, 0.15) is 22.8 Å². The number of hydrogen-bond acceptors (Lipinski definition) is 17. The van der Waals surface area contributed by atoms with Gasteiger partial charge in [-0.15, -0.1) is 23.1 Å². The second-order valence-corrected chi connectivity index (χ2v) is 37.2. The number of aryl methyl sites for hydroxylation is 1. The van der Waals surface area contributed by atoms with Gasteiger partial charge in [0.15, 0.2) is 0 Å². The van der Waals surface area contributed by atoms with E-state index in [1.54, 1.807) is 41.1 Å². The van der Waals surface area contributed by atoms with E-state index >= 15 is 4.39 Å². The lowest BCUT2D eigenvalue weighted by Gasteiger charge is -2.39. The minimum absolute atomic E-state index is 0.000520. The minimum Gasteiger partial charge on any atom is -0.391 e. The third-order valence-electron chi connectivity index (χ3n) is 21.4. The van der Waals surface area contributed by atoms with Gasteiger partial charge >= 0.3 is 5.51 Å². The van der Waals surface area contributed by atoms with Gasteiger partial charge in [-0.05, 0) is 158 Å². The lowest BCUT2D eigenvalue weighted by Crippen LogP contribution is -2.57. The Labute approximate surface area is 644 Å². The number of fused-ring (bicyclic) bond motifs is 1. The Morgan fingerprint density at radius 3 is 2.14 bits per heavy atom. The molecule has 29 heteroatoms. The highest BCUT2D eigenvalue weighted by Gasteiger charge is 2.50. The molecule has 0 saturated carbocycles. The maximum atomic E-state index is 15.2. The fourth-order valence-electron chi connectivity index (χ4n) is 15.3. The molecular weight excluding hydrogens is 1490 g/mol. The molecule has 0 unspecified atom stereocenters. The number of hydrogen-bond donors (Lipinski definition) is 5. The Kier molecular flexibility index (Phi) is 26.0. The lowest BCUT2D eigenvalue weighted by atomic mass is 9.72. The number of allylic oxidation sites excluding steroid dienone is 1. The van der Waals surface area contributed by atoms with Crippen molar-refractivity contribution in [1.82, 2.24) is 39.9 Å². The summed E-state index contributed by atoms with van der Waals surface area (Å²) in [6.07, 6.45) is 3.94. The molecular formula is C79H97ClF4N10O10S4. The summed E-state index contributed by atoms with van der Waals surface area (Å²) in [6, 6.07) is 27.5. The van der Waals surface area contributed by atoms with E-state index in [4.69, 9.17) is 11.6 Å². The summed E-state index contributed by atoms with van der Waals surface area (Å²) < 4.78 is 116. The first-order valence-electron chi connectivity index (χ1n) is 36.9. The number of piperazine rings is 1. The standard InChI is InChI=1S/C79H97ClF4N10O10S4/c1-50(52-18-20-53(21-19-52)72-51(2)85-49-106-72)86-75(99)68-39-61(95)47-94(68)76(100)73(77(3,4)5)88-70(96)16-12-9-13-17-71(97)93-45-56-43-91(44-57(56)46-93)33-31-59(48-105-62-14-10-8-11-15-62)87-67-29-27-63(40-69(67)107(101,102)79(82,83)84)108(103,104)89-74(98)54-22-25-60(26-23-54)92-36-34-90(35-37-92)42-55-41-78(6,7)32-30-64(55)65-28-24-58(80)38-66(65)81/h8,10-11,14-15,18-29,38,40,49-50,56-57,59,61,68,73,87,95H,9,12-13,16-17,30-37,39,41-48H2,1-7H3,(H,86,99)(H,88,96)(H,89,98)/t50-,56-,57+,59+,61+,68-,73+/m0/s1. The van der Waals surface area contributed by atoms with Crippen LogP contribution in [0.2, 0.25) is 5.02 Å². The van der Waals surface area contributed by atoms with Crippen molar-refractivity contribution < 1.29 is 63.5 Å². The van der Waals surface area contributed by atoms with E-state index in [1.165, 1.54) is 40.4 Å². The van der Waals surface area contributed by atoms with Gasteiger partial charge in [-0.3, -0.25) is 28.9 Å². The molecule has 5 aliphatic rings. The molecule has 108 heavy (non-hydrogen) atoms. The summed E-state index contributed by atoms with van der Waals surface area (Å²) >= 11 is 9.05. The molecule has 1 aromatic heterocycles. The molecule has 4 aliphatic heterocycles. The van der Waals surface area contributed by atoms with Crippen LogP contribution in [0.4, 0.5) is 28.9 Å². The molecule has 5 aromatic carbocycles. The van der Waals surface area contributed by atoms with Crippen LogP contribution in [0.25, 0.3) is 16.0 Å². The number of nitrogens with zero attached hydrogens (tertiary/aromatic N) is 6. The van der Waals surface area contributed by atoms with Crippen molar-refractivity contribution in [3.05, 3.63) is 160 Å². The Morgan fingerprint density at radius 2 is 1.49 bits per heavy atom. The molecule has 582 valence electrons. The van der Waals surface area contributed by atoms with Crippen LogP contribution in [-0.4, -0.2) is 184 Å². The maximum Gasteiger partial charge on any atom is 0.501 e. The Bertz CT molecular complexity index is 4490. The Hall–Kier alpha value is -7.44. The van der Waals surface area contributed by atoms with Gasteiger partial charge in [0.2, 0.25) is 23.6 Å². The highest BCUT2D eigenvalue weighted by atomic mass is 35.5. The number of aliphatic hydroxyl groups is 1. The Balaban J connectivity index is 0.645. The van der Waals surface area contributed by atoms with Crippen molar-refractivity contribution in [2.24, 2.45) is 22.7 Å². The molecule has 0 spiro atoms. The van der Waals surface area contributed by atoms with Crippen molar-refractivity contribution in [3.8, 4) is 10.4 Å². The van der Waals surface area contributed by atoms with Gasteiger partial charge in [0, 0.05) is 130 Å². The summed E-state index contributed by atoms with van der Waals surface area (Å²) in [5, 5.41) is 20.1. The van der Waals surface area contributed by atoms with Crippen LogP contribution in [0.15, 0.2) is 141 Å². The second-order valence-electron chi connectivity index (χ2n) is 31.2. The van der Waals surface area contributed by atoms with Crippen LogP contribution in [0.1, 0.15) is 139 Å². The van der Waals surface area contributed by atoms with Crippen molar-refractivity contribution in [2.45, 2.75) is 163 Å². The number of amides is 5. The molecule has 1 aliphatic carbocycles. The van der Waals surface area contributed by atoms with Crippen LogP contribution < -0.4 is 25.6 Å². The van der Waals surface area contributed by atoms with Crippen LogP contribution >= 0.6 is 34.7 Å². The van der Waals surface area contributed by atoms with E-state index in [-0.39, 0.29) is 72.0 Å². The fraction of sp³-hybridized carbons (Fsp3) is 0.494. The SMILES string of the molecule is Cc1ncsc1-c1ccc([C@H](C)NC(=O)[C@@H]2C[C@@H](O)CN2C(=O)[C@@H](NC(=O)CCCCCC(=O)N2C[C@H]3CN(CC[C@H](CSc4ccccc4)Nc4ccc(S(=O)(=O)NC(=O)c5ccc(N6CCN(CC7=C(c8ccc(Cl)cc8F)CCC(C)(C)C7)CC6)cc5)cc4S(=O)(=O)C(F)(F)F)C[C@H]3C2)C(C)(C)C)cc1. The van der Waals surface area contributed by atoms with Gasteiger partial charge in [-0.25, -0.2) is 30.9 Å². The minimum atomic E-state index is -6.19. The molecule has 11 rings (SSSR count). The van der Waals surface area contributed by atoms with Crippen molar-refractivity contribution in [1.29, 1.82) is 0 Å². The average molecular weight is 1590 g/mol. The number of sulfone groups is 1. The van der Waals surface area contributed by atoms with E-state index in [2.05, 4.69) is 49.5 Å². The largest absolute Gasteiger partial charge is 0.501 e. The molecule has 0 radical (unpaired) electrons. The monoisotopic (exact) mass is 1580 g/mol. The summed E-state index contributed by atoms with van der Waals surface area (Å²) in [5.41, 5.74) is 1.13. The van der Waals surface area contributed by atoms with Crippen molar-refractivity contribution >= 4 is 101 Å². The number of likely N-dealkylation sites (tertiary alicyclic amines) is 3. The topological polar surface area (TPSA) is 251 Å². The number of carbonyl (C=O) groups excluding carboxylic acids is 5. The number of alkyl halides is 3. The summed E-state index contributed by atoms with van der Waals surface area (Å²) in [7, 11) is -11.2. The number of halogens is 5. The second kappa shape index (κ2) is 34.4. The van der Waals surface area contributed by atoms with Crippen LogP contribution in [0, 0.1) is 35.4 Å². The number of carbonyl (C=O) groups is 5. The highest BCUT2D eigenvalue weighted by Crippen LogP contribution is 2.45. The highest BCUT2D eigenvalue weighted by molar-refractivity contribution is 7.99. The normalized spacial score (nSPS) is 20.3. The van der Waals surface area contributed by atoms with Crippen molar-refractivity contribution in [2.75, 3.05) is 88.0 Å². The molecule has 5 N–H and O–H groups in total. The van der Waals surface area contributed by atoms with E-state index in [0.29, 0.717) is 108 Å². The molecule has 0 bridgehead atoms. The maximum absolute atomic E-state index is 15.2. The molecule has 20 nitrogen and oxygen atoms in total. The Morgan fingerprint density at radius 1 is 0.806 bits per heavy atom. The number of benzene rings is 5. The molecule has 5 heterocycles. The van der Waals surface area contributed by atoms with Crippen LogP contribution in [0.5, 0.6) is 0 Å². The predicted molar refractivity (Wildman–Crippen MR) is 414 cm³/mol. The third-order valence-corrected chi connectivity index (χ3v) is 26.7. The number of nitrogens with one attached hydrogen (secondary N) is 4. The number of unbranched alkanes of at least 4 members (excludes halogenated alkanes) is 2. The van der Waals surface area contributed by atoms with Gasteiger partial charge in [-0.1, -0.05) is 107 Å². The number of aliphatic hydroxyl groups excluding tert-OH is 1. The van der Waals surface area contributed by atoms with Crippen molar-refractivity contribution in [3.63, 3.8) is 0 Å². The predicted octanol–water partition coefficient (Wildman–Crippen LogP) is 12.8. The van der Waals surface area contributed by atoms with Gasteiger partial charge < -0.3 is 40.7 Å². The number of thioether (sulfide) groups is 1. The number of anilines is 2. The lowest BCUT2D eigenvalue weighted by molar-refractivity contribution is -0.144. The van der Waals surface area contributed by atoms with Crippen LogP contribution in [0.3, 0.4) is 0 Å². The zero-order chi connectivity index (χ0) is 77.6. The molecule has 7 atom stereocenters. The molecule has 4 saturated heterocycles.